The molecule has 0 fully saturated rings. The van der Waals surface area contributed by atoms with Crippen molar-refractivity contribution in [2.24, 2.45) is 11.5 Å². The molecule has 1 aromatic heterocycles. The molecule has 1 rings (SSSR count). The second-order valence-corrected chi connectivity index (χ2v) is 2.21. The van der Waals surface area contributed by atoms with E-state index in [0.717, 1.165) is 5.56 Å². The number of carbonyl (C=O) groups excluding carboxylic acids is 1. The van der Waals surface area contributed by atoms with Crippen molar-refractivity contribution in [1.29, 1.82) is 0 Å². The average molecular weight is 170 g/mol. The lowest BCUT2D eigenvalue weighted by Gasteiger charge is -1.99. The van der Waals surface area contributed by atoms with Gasteiger partial charge in [0.15, 0.2) is 5.82 Å². The second-order valence-electron chi connectivity index (χ2n) is 2.21. The van der Waals surface area contributed by atoms with Crippen molar-refractivity contribution in [2.45, 2.75) is 6.54 Å². The van der Waals surface area contributed by atoms with Crippen LogP contribution >= 0.6 is 0 Å². The SMILES string of the molecule is NCc1conc1NCC(N)=O. The fourth-order valence-corrected chi connectivity index (χ4v) is 0.719. The van der Waals surface area contributed by atoms with E-state index in [-0.39, 0.29) is 6.54 Å². The number of anilines is 1. The van der Waals surface area contributed by atoms with Gasteiger partial charge < -0.3 is 21.3 Å². The van der Waals surface area contributed by atoms with E-state index in [1.54, 1.807) is 0 Å². The number of amides is 1. The van der Waals surface area contributed by atoms with Crippen molar-refractivity contribution in [3.05, 3.63) is 11.8 Å². The predicted molar refractivity (Wildman–Crippen MR) is 42.1 cm³/mol. The molecule has 1 heterocycles. The van der Waals surface area contributed by atoms with Crippen molar-refractivity contribution in [3.8, 4) is 0 Å². The van der Waals surface area contributed by atoms with Crippen LogP contribution in [0.25, 0.3) is 0 Å². The molecular weight excluding hydrogens is 160 g/mol. The Bertz CT molecular complexity index is 270. The van der Waals surface area contributed by atoms with E-state index in [0.29, 0.717) is 12.4 Å². The maximum absolute atomic E-state index is 10.4. The second kappa shape index (κ2) is 3.72. The number of primary amides is 1. The Labute approximate surface area is 68.9 Å². The molecule has 6 nitrogen and oxygen atoms in total. The van der Waals surface area contributed by atoms with Crippen molar-refractivity contribution >= 4 is 11.7 Å². The molecule has 0 aliphatic rings. The van der Waals surface area contributed by atoms with Crippen molar-refractivity contribution in [1.82, 2.24) is 5.16 Å². The van der Waals surface area contributed by atoms with Gasteiger partial charge in [-0.15, -0.1) is 0 Å². The lowest BCUT2D eigenvalue weighted by Crippen LogP contribution is -2.22. The van der Waals surface area contributed by atoms with E-state index < -0.39 is 5.91 Å². The first kappa shape index (κ1) is 8.54. The summed E-state index contributed by atoms with van der Waals surface area (Å²) in [6.45, 7) is 0.337. The van der Waals surface area contributed by atoms with Crippen molar-refractivity contribution in [2.75, 3.05) is 11.9 Å². The number of hydrogen-bond acceptors (Lipinski definition) is 5. The molecule has 0 unspecified atom stereocenters. The highest BCUT2D eigenvalue weighted by Crippen LogP contribution is 2.10. The molecule has 1 amide bonds. The largest absolute Gasteiger partial charge is 0.368 e. The van der Waals surface area contributed by atoms with Crippen LogP contribution in [0.2, 0.25) is 0 Å². The first-order chi connectivity index (χ1) is 5.74. The Morgan fingerprint density at radius 1 is 1.75 bits per heavy atom. The van der Waals surface area contributed by atoms with Gasteiger partial charge in [0.1, 0.15) is 6.26 Å². The summed E-state index contributed by atoms with van der Waals surface area (Å²) < 4.78 is 4.62. The normalized spacial score (nSPS) is 9.75. The van der Waals surface area contributed by atoms with Crippen LogP contribution in [0.15, 0.2) is 10.8 Å². The maximum atomic E-state index is 10.4. The molecule has 0 aliphatic carbocycles. The molecule has 66 valence electrons. The zero-order valence-electron chi connectivity index (χ0n) is 6.41. The third kappa shape index (κ3) is 1.96. The first-order valence-electron chi connectivity index (χ1n) is 3.39. The van der Waals surface area contributed by atoms with E-state index in [1.807, 2.05) is 0 Å². The van der Waals surface area contributed by atoms with Crippen molar-refractivity contribution in [3.63, 3.8) is 0 Å². The summed E-state index contributed by atoms with van der Waals surface area (Å²) in [6.07, 6.45) is 1.42. The van der Waals surface area contributed by atoms with Crippen LogP contribution in [0.3, 0.4) is 0 Å². The summed E-state index contributed by atoms with van der Waals surface area (Å²) in [5, 5.41) is 6.27. The van der Waals surface area contributed by atoms with Crippen LogP contribution in [-0.2, 0) is 11.3 Å². The monoisotopic (exact) mass is 170 g/mol. The van der Waals surface area contributed by atoms with Gasteiger partial charge in [0.05, 0.1) is 6.54 Å². The maximum Gasteiger partial charge on any atom is 0.236 e. The molecule has 6 heteroatoms. The minimum atomic E-state index is -0.457. The van der Waals surface area contributed by atoms with E-state index in [4.69, 9.17) is 11.5 Å². The Kier molecular flexibility index (Phi) is 2.65. The number of nitrogens with zero attached hydrogens (tertiary/aromatic N) is 1. The Morgan fingerprint density at radius 3 is 3.08 bits per heavy atom. The lowest BCUT2D eigenvalue weighted by molar-refractivity contribution is -0.116. The molecule has 0 bridgehead atoms. The standard InChI is InChI=1S/C6H10N4O2/c7-1-4-3-12-10-6(4)9-2-5(8)11/h3H,1-2,7H2,(H2,8,11)(H,9,10). The van der Waals surface area contributed by atoms with Crippen LogP contribution in [0, 0.1) is 0 Å². The van der Waals surface area contributed by atoms with Gasteiger partial charge in [-0.1, -0.05) is 5.16 Å². The summed E-state index contributed by atoms with van der Waals surface area (Å²) >= 11 is 0. The van der Waals surface area contributed by atoms with Gasteiger partial charge in [-0.05, 0) is 0 Å². The quantitative estimate of drug-likeness (QED) is 0.539. The van der Waals surface area contributed by atoms with Crippen LogP contribution in [0.4, 0.5) is 5.82 Å². The summed E-state index contributed by atoms with van der Waals surface area (Å²) in [4.78, 5) is 10.4. The molecule has 12 heavy (non-hydrogen) atoms. The van der Waals surface area contributed by atoms with Gasteiger partial charge in [0.2, 0.25) is 5.91 Å². The Morgan fingerprint density at radius 2 is 2.50 bits per heavy atom. The first-order valence-corrected chi connectivity index (χ1v) is 3.39. The van der Waals surface area contributed by atoms with Crippen molar-refractivity contribution < 1.29 is 9.32 Å². The molecule has 0 spiro atoms. The third-order valence-electron chi connectivity index (χ3n) is 1.29. The van der Waals surface area contributed by atoms with Crippen LogP contribution in [-0.4, -0.2) is 17.6 Å². The molecule has 0 radical (unpaired) electrons. The Hall–Kier alpha value is -1.56. The van der Waals surface area contributed by atoms with E-state index >= 15 is 0 Å². The fraction of sp³-hybridized carbons (Fsp3) is 0.333. The van der Waals surface area contributed by atoms with Gasteiger partial charge in [-0.25, -0.2) is 0 Å². The average Bonchev–Trinajstić information content (AvgIpc) is 2.47. The number of rotatable bonds is 4. The van der Waals surface area contributed by atoms with Gasteiger partial charge in [0, 0.05) is 12.1 Å². The summed E-state index contributed by atoms with van der Waals surface area (Å²) in [7, 11) is 0. The van der Waals surface area contributed by atoms with Crippen LogP contribution in [0.1, 0.15) is 5.56 Å². The van der Waals surface area contributed by atoms with E-state index in [1.165, 1.54) is 6.26 Å². The zero-order chi connectivity index (χ0) is 8.97. The van der Waals surface area contributed by atoms with E-state index in [9.17, 15) is 4.79 Å². The highest BCUT2D eigenvalue weighted by atomic mass is 16.5. The van der Waals surface area contributed by atoms with Crippen LogP contribution in [0.5, 0.6) is 0 Å². The molecule has 0 saturated heterocycles. The highest BCUT2D eigenvalue weighted by Gasteiger charge is 2.05. The molecule has 0 atom stereocenters. The van der Waals surface area contributed by atoms with Gasteiger partial charge in [-0.2, -0.15) is 0 Å². The zero-order valence-corrected chi connectivity index (χ0v) is 6.41. The lowest BCUT2D eigenvalue weighted by atomic mass is 10.3. The smallest absolute Gasteiger partial charge is 0.236 e. The minimum Gasteiger partial charge on any atom is -0.368 e. The number of carbonyl (C=O) groups is 1. The molecule has 0 saturated carbocycles. The number of hydrogen-bond donors (Lipinski definition) is 3. The van der Waals surface area contributed by atoms with Gasteiger partial charge in [0.25, 0.3) is 0 Å². The molecule has 5 N–H and O–H groups in total. The fourth-order valence-electron chi connectivity index (χ4n) is 0.719. The molecule has 0 aromatic carbocycles. The summed E-state index contributed by atoms with van der Waals surface area (Å²) in [6, 6.07) is 0. The minimum absolute atomic E-state index is 0.0273. The highest BCUT2D eigenvalue weighted by molar-refractivity contribution is 5.78. The number of nitrogens with two attached hydrogens (primary N) is 2. The summed E-state index contributed by atoms with van der Waals surface area (Å²) in [5.74, 6) is 0.0114. The predicted octanol–water partition coefficient (Wildman–Crippen LogP) is -0.970. The number of nitrogens with one attached hydrogen (secondary N) is 1. The van der Waals surface area contributed by atoms with Gasteiger partial charge in [-0.3, -0.25) is 4.79 Å². The Balaban J connectivity index is 2.56. The number of aromatic nitrogens is 1. The molecular formula is C6H10N4O2. The third-order valence-corrected chi connectivity index (χ3v) is 1.29. The topological polar surface area (TPSA) is 107 Å². The van der Waals surface area contributed by atoms with E-state index in [2.05, 4.69) is 15.0 Å². The molecule has 0 aliphatic heterocycles. The van der Waals surface area contributed by atoms with Gasteiger partial charge >= 0.3 is 0 Å². The summed E-state index contributed by atoms with van der Waals surface area (Å²) in [5.41, 5.74) is 11.0. The van der Waals surface area contributed by atoms with Crippen LogP contribution < -0.4 is 16.8 Å². The molecule has 1 aromatic rings.